The van der Waals surface area contributed by atoms with Crippen LogP contribution < -0.4 is 10.2 Å². The lowest BCUT2D eigenvalue weighted by Gasteiger charge is -2.26. The van der Waals surface area contributed by atoms with Gasteiger partial charge in [0, 0.05) is 30.9 Å². The molecule has 2 nitrogen and oxygen atoms in total. The normalized spacial score (nSPS) is 20.3. The third-order valence-corrected chi connectivity index (χ3v) is 4.17. The Labute approximate surface area is 111 Å². The van der Waals surface area contributed by atoms with Gasteiger partial charge in [0.2, 0.25) is 0 Å². The molecule has 1 aromatic carbocycles. The van der Waals surface area contributed by atoms with Crippen LogP contribution in [0.25, 0.3) is 0 Å². The standard InChI is InChI=1S/C16H26N2/c1-12(2)14(4)17-9-10-18-13(3)11-15-7-5-6-8-16(15)18/h5-8,12-14,17H,9-11H2,1-4H3. The van der Waals surface area contributed by atoms with Gasteiger partial charge < -0.3 is 10.2 Å². The van der Waals surface area contributed by atoms with Crippen LogP contribution in [0.15, 0.2) is 24.3 Å². The molecule has 1 aliphatic rings. The third-order valence-electron chi connectivity index (χ3n) is 4.17. The summed E-state index contributed by atoms with van der Waals surface area (Å²) in [4.78, 5) is 2.54. The zero-order valence-corrected chi connectivity index (χ0v) is 12.1. The highest BCUT2D eigenvalue weighted by Gasteiger charge is 2.24. The number of hydrogen-bond donors (Lipinski definition) is 1. The molecule has 0 bridgehead atoms. The molecule has 2 atom stereocenters. The first-order valence-electron chi connectivity index (χ1n) is 7.17. The Morgan fingerprint density at radius 2 is 2.00 bits per heavy atom. The molecule has 0 spiro atoms. The van der Waals surface area contributed by atoms with E-state index in [9.17, 15) is 0 Å². The van der Waals surface area contributed by atoms with Crippen molar-refractivity contribution >= 4 is 5.69 Å². The van der Waals surface area contributed by atoms with E-state index in [2.05, 4.69) is 62.2 Å². The van der Waals surface area contributed by atoms with Crippen molar-refractivity contribution in [3.63, 3.8) is 0 Å². The number of fused-ring (bicyclic) bond motifs is 1. The van der Waals surface area contributed by atoms with Gasteiger partial charge >= 0.3 is 0 Å². The predicted octanol–water partition coefficient (Wildman–Crippen LogP) is 3.07. The average molecular weight is 246 g/mol. The molecule has 2 heteroatoms. The fourth-order valence-corrected chi connectivity index (χ4v) is 2.62. The van der Waals surface area contributed by atoms with Gasteiger partial charge in [0.1, 0.15) is 0 Å². The third kappa shape index (κ3) is 2.86. The molecule has 100 valence electrons. The van der Waals surface area contributed by atoms with Gasteiger partial charge in [-0.2, -0.15) is 0 Å². The number of rotatable bonds is 5. The van der Waals surface area contributed by atoms with Crippen molar-refractivity contribution in [2.75, 3.05) is 18.0 Å². The van der Waals surface area contributed by atoms with Crippen LogP contribution in [0.2, 0.25) is 0 Å². The summed E-state index contributed by atoms with van der Waals surface area (Å²) in [7, 11) is 0. The Morgan fingerprint density at radius 1 is 1.28 bits per heavy atom. The number of para-hydroxylation sites is 1. The maximum absolute atomic E-state index is 3.62. The summed E-state index contributed by atoms with van der Waals surface area (Å²) in [6.07, 6.45) is 1.19. The van der Waals surface area contributed by atoms with Crippen LogP contribution >= 0.6 is 0 Å². The Morgan fingerprint density at radius 3 is 2.72 bits per heavy atom. The second kappa shape index (κ2) is 5.75. The fourth-order valence-electron chi connectivity index (χ4n) is 2.62. The minimum Gasteiger partial charge on any atom is -0.367 e. The Hall–Kier alpha value is -1.02. The summed E-state index contributed by atoms with van der Waals surface area (Å²) in [6, 6.07) is 10.0. The van der Waals surface area contributed by atoms with Gasteiger partial charge in [0.05, 0.1) is 0 Å². The van der Waals surface area contributed by atoms with E-state index in [-0.39, 0.29) is 0 Å². The van der Waals surface area contributed by atoms with E-state index in [1.165, 1.54) is 17.7 Å². The Bertz CT molecular complexity index is 386. The molecular weight excluding hydrogens is 220 g/mol. The van der Waals surface area contributed by atoms with Crippen molar-refractivity contribution in [2.24, 2.45) is 5.92 Å². The van der Waals surface area contributed by atoms with Gasteiger partial charge in [0.25, 0.3) is 0 Å². The van der Waals surface area contributed by atoms with Gasteiger partial charge in [-0.1, -0.05) is 32.0 Å². The van der Waals surface area contributed by atoms with Crippen LogP contribution in [-0.2, 0) is 6.42 Å². The van der Waals surface area contributed by atoms with Crippen LogP contribution in [-0.4, -0.2) is 25.2 Å². The fraction of sp³-hybridized carbons (Fsp3) is 0.625. The maximum atomic E-state index is 3.62. The topological polar surface area (TPSA) is 15.3 Å². The summed E-state index contributed by atoms with van der Waals surface area (Å²) in [5, 5.41) is 3.62. The molecule has 1 heterocycles. The minimum atomic E-state index is 0.596. The number of benzene rings is 1. The largest absolute Gasteiger partial charge is 0.367 e. The van der Waals surface area contributed by atoms with Gasteiger partial charge in [-0.15, -0.1) is 0 Å². The van der Waals surface area contributed by atoms with Gasteiger partial charge in [-0.05, 0) is 37.8 Å². The van der Waals surface area contributed by atoms with Crippen molar-refractivity contribution in [3.8, 4) is 0 Å². The van der Waals surface area contributed by atoms with E-state index in [4.69, 9.17) is 0 Å². The molecule has 18 heavy (non-hydrogen) atoms. The molecule has 0 aromatic heterocycles. The molecule has 0 fully saturated rings. The second-order valence-corrected chi connectivity index (χ2v) is 5.86. The molecule has 0 amide bonds. The SMILES string of the molecule is CC(C)C(C)NCCN1c2ccccc2CC1C. The summed E-state index contributed by atoms with van der Waals surface area (Å²) >= 11 is 0. The molecule has 2 rings (SSSR count). The monoisotopic (exact) mass is 246 g/mol. The highest BCUT2D eigenvalue weighted by Crippen LogP contribution is 2.31. The van der Waals surface area contributed by atoms with E-state index in [0.29, 0.717) is 18.0 Å². The lowest BCUT2D eigenvalue weighted by Crippen LogP contribution is -2.40. The first-order chi connectivity index (χ1) is 8.59. The molecule has 1 aromatic rings. The second-order valence-electron chi connectivity index (χ2n) is 5.86. The zero-order chi connectivity index (χ0) is 13.1. The lowest BCUT2D eigenvalue weighted by atomic mass is 10.1. The molecule has 1 N–H and O–H groups in total. The Kier molecular flexibility index (Phi) is 4.28. The van der Waals surface area contributed by atoms with E-state index < -0.39 is 0 Å². The minimum absolute atomic E-state index is 0.596. The lowest BCUT2D eigenvalue weighted by molar-refractivity contribution is 0.427. The number of nitrogens with zero attached hydrogens (tertiary/aromatic N) is 1. The number of hydrogen-bond acceptors (Lipinski definition) is 2. The van der Waals surface area contributed by atoms with E-state index >= 15 is 0 Å². The van der Waals surface area contributed by atoms with Crippen molar-refractivity contribution in [1.29, 1.82) is 0 Å². The molecule has 0 saturated carbocycles. The smallest absolute Gasteiger partial charge is 0.0402 e. The van der Waals surface area contributed by atoms with Crippen molar-refractivity contribution in [3.05, 3.63) is 29.8 Å². The molecule has 0 saturated heterocycles. The van der Waals surface area contributed by atoms with Crippen molar-refractivity contribution in [1.82, 2.24) is 5.32 Å². The van der Waals surface area contributed by atoms with Crippen LogP contribution in [0.3, 0.4) is 0 Å². The van der Waals surface area contributed by atoms with Crippen LogP contribution in [0.4, 0.5) is 5.69 Å². The predicted molar refractivity (Wildman–Crippen MR) is 79.3 cm³/mol. The van der Waals surface area contributed by atoms with E-state index in [1.54, 1.807) is 0 Å². The van der Waals surface area contributed by atoms with Gasteiger partial charge in [-0.25, -0.2) is 0 Å². The van der Waals surface area contributed by atoms with E-state index in [0.717, 1.165) is 13.1 Å². The molecule has 2 unspecified atom stereocenters. The summed E-state index contributed by atoms with van der Waals surface area (Å²) in [5.74, 6) is 0.702. The number of anilines is 1. The van der Waals surface area contributed by atoms with Crippen LogP contribution in [0.1, 0.15) is 33.3 Å². The summed E-state index contributed by atoms with van der Waals surface area (Å²) in [5.41, 5.74) is 2.94. The zero-order valence-electron chi connectivity index (χ0n) is 12.1. The molecular formula is C16H26N2. The first-order valence-corrected chi connectivity index (χ1v) is 7.17. The quantitative estimate of drug-likeness (QED) is 0.859. The molecule has 0 radical (unpaired) electrons. The summed E-state index contributed by atoms with van der Waals surface area (Å²) < 4.78 is 0. The Balaban J connectivity index is 1.90. The summed E-state index contributed by atoms with van der Waals surface area (Å²) in [6.45, 7) is 11.3. The maximum Gasteiger partial charge on any atom is 0.0402 e. The highest BCUT2D eigenvalue weighted by atomic mass is 15.2. The number of nitrogens with one attached hydrogen (secondary N) is 1. The van der Waals surface area contributed by atoms with Crippen molar-refractivity contribution < 1.29 is 0 Å². The van der Waals surface area contributed by atoms with Crippen LogP contribution in [0.5, 0.6) is 0 Å². The van der Waals surface area contributed by atoms with Gasteiger partial charge in [-0.3, -0.25) is 0 Å². The molecule has 1 aliphatic heterocycles. The molecule has 0 aliphatic carbocycles. The van der Waals surface area contributed by atoms with E-state index in [1.807, 2.05) is 0 Å². The first kappa shape index (κ1) is 13.4. The highest BCUT2D eigenvalue weighted by molar-refractivity contribution is 5.59. The van der Waals surface area contributed by atoms with Crippen molar-refractivity contribution in [2.45, 2.75) is 46.2 Å². The van der Waals surface area contributed by atoms with Gasteiger partial charge in [0.15, 0.2) is 0 Å². The average Bonchev–Trinajstić information content (AvgIpc) is 2.65. The van der Waals surface area contributed by atoms with Crippen LogP contribution in [0, 0.1) is 5.92 Å².